The highest BCUT2D eigenvalue weighted by Crippen LogP contribution is 2.34. The maximum Gasteiger partial charge on any atom is 0.229 e. The average molecular weight is 295 g/mol. The summed E-state index contributed by atoms with van der Waals surface area (Å²) in [4.78, 5) is 16.1. The quantitative estimate of drug-likeness (QED) is 0.881. The Morgan fingerprint density at radius 1 is 1.27 bits per heavy atom. The second-order valence-electron chi connectivity index (χ2n) is 6.07. The molecule has 1 aliphatic heterocycles. The van der Waals surface area contributed by atoms with E-state index in [1.807, 2.05) is 18.2 Å². The normalized spacial score (nSPS) is 29.7. The number of carbonyl (C=O) groups excluding carboxylic acids is 1. The van der Waals surface area contributed by atoms with Gasteiger partial charge in [0.2, 0.25) is 5.91 Å². The highest BCUT2D eigenvalue weighted by molar-refractivity contribution is 6.00. The van der Waals surface area contributed by atoms with Gasteiger partial charge in [-0.15, -0.1) is 0 Å². The van der Waals surface area contributed by atoms with E-state index in [0.717, 1.165) is 6.42 Å². The summed E-state index contributed by atoms with van der Waals surface area (Å²) < 4.78 is 0. The van der Waals surface area contributed by atoms with Crippen molar-refractivity contribution in [2.75, 3.05) is 7.05 Å². The minimum absolute atomic E-state index is 0.0195. The molecule has 4 nitrogen and oxygen atoms in total. The number of aliphatic imine (C=N–C) groups is 1. The Hall–Kier alpha value is -2.36. The predicted molar refractivity (Wildman–Crippen MR) is 89.3 cm³/mol. The van der Waals surface area contributed by atoms with Crippen LogP contribution in [0.15, 0.2) is 53.6 Å². The largest absolute Gasteiger partial charge is 0.350 e. The van der Waals surface area contributed by atoms with Crippen LogP contribution in [0.1, 0.15) is 25.3 Å². The number of amides is 1. The van der Waals surface area contributed by atoms with Crippen LogP contribution in [0.25, 0.3) is 5.57 Å². The summed E-state index contributed by atoms with van der Waals surface area (Å²) in [6.07, 6.45) is 7.99. The second kappa shape index (κ2) is 5.79. The fourth-order valence-corrected chi connectivity index (χ4v) is 3.14. The van der Waals surface area contributed by atoms with Crippen LogP contribution >= 0.6 is 0 Å². The topological polar surface area (TPSA) is 53.5 Å². The van der Waals surface area contributed by atoms with E-state index in [9.17, 15) is 4.79 Å². The van der Waals surface area contributed by atoms with Gasteiger partial charge < -0.3 is 5.32 Å². The van der Waals surface area contributed by atoms with Gasteiger partial charge in [0.1, 0.15) is 0 Å². The molecule has 2 aliphatic rings. The number of hydrogen-bond donors (Lipinski definition) is 2. The summed E-state index contributed by atoms with van der Waals surface area (Å²) >= 11 is 0. The third kappa shape index (κ3) is 2.82. The molecule has 1 aromatic carbocycles. The van der Waals surface area contributed by atoms with Crippen molar-refractivity contribution in [3.8, 4) is 0 Å². The lowest BCUT2D eigenvalue weighted by Gasteiger charge is -2.41. The Morgan fingerprint density at radius 3 is 2.77 bits per heavy atom. The van der Waals surface area contributed by atoms with Gasteiger partial charge in [0, 0.05) is 13.0 Å². The summed E-state index contributed by atoms with van der Waals surface area (Å²) in [7, 11) is 1.68. The number of benzene rings is 1. The molecule has 0 spiro atoms. The Kier molecular flexibility index (Phi) is 3.84. The van der Waals surface area contributed by atoms with Crippen molar-refractivity contribution in [3.63, 3.8) is 0 Å². The lowest BCUT2D eigenvalue weighted by Crippen LogP contribution is -2.62. The van der Waals surface area contributed by atoms with E-state index in [0.29, 0.717) is 12.4 Å². The molecule has 1 fully saturated rings. The molecule has 114 valence electrons. The van der Waals surface area contributed by atoms with Crippen molar-refractivity contribution < 1.29 is 4.79 Å². The smallest absolute Gasteiger partial charge is 0.229 e. The lowest BCUT2D eigenvalue weighted by atomic mass is 9.76. The Morgan fingerprint density at radius 2 is 2.05 bits per heavy atom. The fraction of sp³-hybridized carbons (Fsp3) is 0.333. The number of rotatable bonds is 2. The van der Waals surface area contributed by atoms with Crippen molar-refractivity contribution in [3.05, 3.63) is 54.1 Å². The molecule has 4 heteroatoms. The molecule has 1 aliphatic carbocycles. The summed E-state index contributed by atoms with van der Waals surface area (Å²) in [6, 6.07) is 10.3. The number of carbonyl (C=O) groups is 1. The van der Waals surface area contributed by atoms with Crippen molar-refractivity contribution in [2.45, 2.75) is 25.3 Å². The molecule has 2 atom stereocenters. The minimum Gasteiger partial charge on any atom is -0.350 e. The summed E-state index contributed by atoms with van der Waals surface area (Å²) in [5, 5.41) is 6.16. The van der Waals surface area contributed by atoms with Gasteiger partial charge in [0.15, 0.2) is 5.96 Å². The van der Waals surface area contributed by atoms with Crippen LogP contribution in [0.5, 0.6) is 0 Å². The Bertz CT molecular complexity index is 660. The Balaban J connectivity index is 1.90. The van der Waals surface area contributed by atoms with Crippen LogP contribution in [0.2, 0.25) is 0 Å². The number of guanidine groups is 1. The van der Waals surface area contributed by atoms with Crippen LogP contribution in [-0.4, -0.2) is 24.5 Å². The maximum atomic E-state index is 12.0. The molecule has 0 aromatic heterocycles. The van der Waals surface area contributed by atoms with Gasteiger partial charge in [-0.3, -0.25) is 15.1 Å². The van der Waals surface area contributed by atoms with Gasteiger partial charge in [-0.1, -0.05) is 48.6 Å². The molecule has 0 saturated carbocycles. The number of hydrogen-bond acceptors (Lipinski definition) is 2. The van der Waals surface area contributed by atoms with Crippen LogP contribution in [0.4, 0.5) is 0 Å². The van der Waals surface area contributed by atoms with Gasteiger partial charge in [0.25, 0.3) is 0 Å². The first-order chi connectivity index (χ1) is 10.6. The van der Waals surface area contributed by atoms with Crippen molar-refractivity contribution in [1.82, 2.24) is 10.6 Å². The zero-order valence-electron chi connectivity index (χ0n) is 13.0. The molecule has 22 heavy (non-hydrogen) atoms. The molecule has 1 aromatic rings. The zero-order valence-corrected chi connectivity index (χ0v) is 13.0. The van der Waals surface area contributed by atoms with Crippen LogP contribution in [-0.2, 0) is 4.79 Å². The highest BCUT2D eigenvalue weighted by atomic mass is 16.2. The van der Waals surface area contributed by atoms with E-state index >= 15 is 0 Å². The van der Waals surface area contributed by atoms with E-state index in [-0.39, 0.29) is 17.4 Å². The number of nitrogens with one attached hydrogen (secondary N) is 2. The monoisotopic (exact) mass is 295 g/mol. The first kappa shape index (κ1) is 14.6. The van der Waals surface area contributed by atoms with Gasteiger partial charge in [-0.2, -0.15) is 0 Å². The standard InChI is InChI=1S/C18H21N3O/c1-18(12-16(22)20-17(19-2)21-18)15-10-6-9-14(11-15)13-7-4-3-5-8-13/h3-9,11,15H,10,12H2,1-2H3,(H2,19,20,21,22)/t15?,18-/m0/s1. The summed E-state index contributed by atoms with van der Waals surface area (Å²) in [6.45, 7) is 2.10. The van der Waals surface area contributed by atoms with Crippen molar-refractivity contribution in [2.24, 2.45) is 10.9 Å². The van der Waals surface area contributed by atoms with E-state index < -0.39 is 0 Å². The van der Waals surface area contributed by atoms with E-state index in [1.165, 1.54) is 11.1 Å². The molecule has 3 rings (SSSR count). The molecule has 0 radical (unpaired) electrons. The third-order valence-corrected chi connectivity index (χ3v) is 4.41. The average Bonchev–Trinajstić information content (AvgIpc) is 2.55. The summed E-state index contributed by atoms with van der Waals surface area (Å²) in [5.74, 6) is 0.824. The summed E-state index contributed by atoms with van der Waals surface area (Å²) in [5.41, 5.74) is 2.10. The van der Waals surface area contributed by atoms with Crippen molar-refractivity contribution >= 4 is 17.4 Å². The first-order valence-corrected chi connectivity index (χ1v) is 7.59. The van der Waals surface area contributed by atoms with Crippen molar-refractivity contribution in [1.29, 1.82) is 0 Å². The molecular formula is C18H21N3O. The molecule has 1 unspecified atom stereocenters. The van der Waals surface area contributed by atoms with Gasteiger partial charge in [0.05, 0.1) is 12.0 Å². The number of nitrogens with zero attached hydrogens (tertiary/aromatic N) is 1. The fourth-order valence-electron chi connectivity index (χ4n) is 3.14. The van der Waals surface area contributed by atoms with Crippen LogP contribution in [0.3, 0.4) is 0 Å². The van der Waals surface area contributed by atoms with Crippen LogP contribution in [0, 0.1) is 5.92 Å². The maximum absolute atomic E-state index is 12.0. The third-order valence-electron chi connectivity index (χ3n) is 4.41. The molecule has 1 amide bonds. The van der Waals surface area contributed by atoms with Gasteiger partial charge in [-0.25, -0.2) is 0 Å². The highest BCUT2D eigenvalue weighted by Gasteiger charge is 2.39. The SMILES string of the molecule is CN=C1NC(=O)C[C@@](C)(C2C=C(c3ccccc3)C=CC2)N1. The lowest BCUT2D eigenvalue weighted by molar-refractivity contribution is -0.122. The molecule has 1 heterocycles. The van der Waals surface area contributed by atoms with E-state index in [4.69, 9.17) is 0 Å². The molecule has 0 bridgehead atoms. The first-order valence-electron chi connectivity index (χ1n) is 7.59. The predicted octanol–water partition coefficient (Wildman–Crippen LogP) is 2.50. The molecule has 1 saturated heterocycles. The van der Waals surface area contributed by atoms with E-state index in [1.54, 1.807) is 7.05 Å². The van der Waals surface area contributed by atoms with E-state index in [2.05, 4.69) is 52.9 Å². The zero-order chi connectivity index (χ0) is 15.6. The van der Waals surface area contributed by atoms with Gasteiger partial charge >= 0.3 is 0 Å². The minimum atomic E-state index is -0.317. The molecular weight excluding hydrogens is 274 g/mol. The number of allylic oxidation sites excluding steroid dienone is 3. The van der Waals surface area contributed by atoms with Crippen LogP contribution < -0.4 is 10.6 Å². The second-order valence-corrected chi connectivity index (χ2v) is 6.07. The molecule has 2 N–H and O–H groups in total. The van der Waals surface area contributed by atoms with Gasteiger partial charge in [-0.05, 0) is 24.5 Å². The Labute approximate surface area is 131 Å².